The lowest BCUT2D eigenvalue weighted by atomic mass is 9.68. The zero-order valence-electron chi connectivity index (χ0n) is 22.2. The number of aromatic nitrogens is 1. The first-order chi connectivity index (χ1) is 20.0. The van der Waals surface area contributed by atoms with Gasteiger partial charge < -0.3 is 15.0 Å². The number of ether oxygens (including phenoxy) is 1. The number of fused-ring (bicyclic) bond motifs is 9. The Bertz CT molecular complexity index is 1780. The maximum atomic E-state index is 13.7. The molecule has 2 saturated carbocycles. The van der Waals surface area contributed by atoms with Crippen molar-refractivity contribution in [3.05, 3.63) is 68.6 Å². The molecule has 4 aliphatic rings. The van der Waals surface area contributed by atoms with Gasteiger partial charge in [-0.2, -0.15) is 0 Å². The summed E-state index contributed by atoms with van der Waals surface area (Å²) in [6.07, 6.45) is 0.747. The molecular formula is C28H26N4O7S3. The molecule has 3 aromatic rings. The number of thiazole rings is 1. The highest BCUT2D eigenvalue weighted by molar-refractivity contribution is 8.00. The Hall–Kier alpha value is -3.46. The number of likely N-dealkylation sites (tertiary alicyclic amines) is 1. The molecule has 0 radical (unpaired) electrons. The van der Waals surface area contributed by atoms with Gasteiger partial charge in [0.25, 0.3) is 0 Å². The van der Waals surface area contributed by atoms with E-state index in [1.54, 1.807) is 18.9 Å². The second-order valence-electron chi connectivity index (χ2n) is 11.1. The van der Waals surface area contributed by atoms with E-state index in [9.17, 15) is 27.6 Å². The average molecular weight is 627 g/mol. The molecule has 6 unspecified atom stereocenters. The van der Waals surface area contributed by atoms with Crippen LogP contribution in [-0.4, -0.2) is 54.9 Å². The molecule has 0 spiro atoms. The molecular weight excluding hydrogens is 601 g/mol. The number of hydrogen-bond donors (Lipinski definition) is 3. The smallest absolute Gasteiger partial charge is 0.305 e. The number of carbonyl (C=O) groups is 3. The second-order valence-corrected chi connectivity index (χ2v) is 14.9. The number of H-pyrrole nitrogens is 1. The number of sulfonamides is 1. The molecule has 3 heterocycles. The highest BCUT2D eigenvalue weighted by Crippen LogP contribution is 2.68. The number of benzene rings is 2. The van der Waals surface area contributed by atoms with E-state index >= 15 is 0 Å². The van der Waals surface area contributed by atoms with Crippen LogP contribution in [0.3, 0.4) is 0 Å². The van der Waals surface area contributed by atoms with Gasteiger partial charge in [-0.3, -0.25) is 24.1 Å². The van der Waals surface area contributed by atoms with E-state index in [-0.39, 0.29) is 50.5 Å². The number of aromatic amines is 1. The molecule has 14 heteroatoms. The van der Waals surface area contributed by atoms with Crippen LogP contribution in [0.25, 0.3) is 0 Å². The number of anilines is 1. The van der Waals surface area contributed by atoms with Gasteiger partial charge >= 0.3 is 4.87 Å². The Morgan fingerprint density at radius 1 is 1.05 bits per heavy atom. The lowest BCUT2D eigenvalue weighted by molar-refractivity contribution is -0.143. The normalized spacial score (nSPS) is 29.3. The van der Waals surface area contributed by atoms with Crippen LogP contribution in [0, 0.1) is 29.6 Å². The number of nitrogens with zero attached hydrogens (tertiary/aromatic N) is 1. The Morgan fingerprint density at radius 3 is 2.36 bits per heavy atom. The summed E-state index contributed by atoms with van der Waals surface area (Å²) in [4.78, 5) is 57.5. The highest BCUT2D eigenvalue weighted by Gasteiger charge is 2.69. The van der Waals surface area contributed by atoms with Crippen LogP contribution >= 0.6 is 23.1 Å². The van der Waals surface area contributed by atoms with Crippen molar-refractivity contribution in [2.75, 3.05) is 19.0 Å². The minimum Gasteiger partial charge on any atom is -0.497 e. The number of nitrogens with one attached hydrogen (secondary N) is 2. The lowest BCUT2D eigenvalue weighted by Gasteiger charge is -2.43. The highest BCUT2D eigenvalue weighted by atomic mass is 32.2. The van der Waals surface area contributed by atoms with Crippen LogP contribution in [0.4, 0.5) is 5.69 Å². The van der Waals surface area contributed by atoms with Crippen molar-refractivity contribution in [2.24, 2.45) is 34.7 Å². The number of nitrogens with two attached hydrogens (primary N) is 1. The summed E-state index contributed by atoms with van der Waals surface area (Å²) in [5.41, 5.74) is 1.35. The van der Waals surface area contributed by atoms with Gasteiger partial charge in [0.05, 0.1) is 28.9 Å². The number of hydrogen-bond acceptors (Lipinski definition) is 9. The summed E-state index contributed by atoms with van der Waals surface area (Å²) >= 11 is 2.81. The van der Waals surface area contributed by atoms with Crippen molar-refractivity contribution in [1.29, 1.82) is 0 Å². The molecule has 1 saturated heterocycles. The van der Waals surface area contributed by atoms with Gasteiger partial charge in [0.15, 0.2) is 0 Å². The van der Waals surface area contributed by atoms with E-state index in [1.807, 2.05) is 24.3 Å². The summed E-state index contributed by atoms with van der Waals surface area (Å²) in [5, 5.41) is 8.63. The molecule has 4 N–H and O–H groups in total. The van der Waals surface area contributed by atoms with Crippen molar-refractivity contribution in [1.82, 2.24) is 9.88 Å². The van der Waals surface area contributed by atoms with E-state index in [4.69, 9.17) is 9.88 Å². The minimum absolute atomic E-state index is 0.0453. The summed E-state index contributed by atoms with van der Waals surface area (Å²) in [6, 6.07) is 13.1. The van der Waals surface area contributed by atoms with Crippen LogP contribution in [-0.2, 0) is 24.4 Å². The third kappa shape index (κ3) is 4.22. The van der Waals surface area contributed by atoms with E-state index < -0.39 is 34.3 Å². The van der Waals surface area contributed by atoms with Crippen LogP contribution in [0.1, 0.15) is 22.8 Å². The Labute approximate surface area is 248 Å². The molecule has 7 rings (SSSR count). The fraction of sp³-hybridized carbons (Fsp3) is 0.357. The molecule has 2 aliphatic carbocycles. The molecule has 42 heavy (non-hydrogen) atoms. The number of amides is 3. The zero-order chi connectivity index (χ0) is 29.5. The summed E-state index contributed by atoms with van der Waals surface area (Å²) in [5.74, 6) is -1.67. The van der Waals surface area contributed by atoms with Crippen molar-refractivity contribution >= 4 is 56.5 Å². The maximum Gasteiger partial charge on any atom is 0.305 e. The zero-order valence-corrected chi connectivity index (χ0v) is 24.6. The minimum atomic E-state index is -3.88. The predicted molar refractivity (Wildman–Crippen MR) is 155 cm³/mol. The first kappa shape index (κ1) is 27.4. The first-order valence-electron chi connectivity index (χ1n) is 13.4. The van der Waals surface area contributed by atoms with Crippen LogP contribution in [0.15, 0.2) is 63.2 Å². The monoisotopic (exact) mass is 626 g/mol. The largest absolute Gasteiger partial charge is 0.497 e. The topological polar surface area (TPSA) is 169 Å². The summed E-state index contributed by atoms with van der Waals surface area (Å²) in [7, 11) is -2.27. The van der Waals surface area contributed by atoms with Gasteiger partial charge in [0.2, 0.25) is 27.7 Å². The fourth-order valence-corrected chi connectivity index (χ4v) is 10.9. The number of rotatable bonds is 6. The summed E-state index contributed by atoms with van der Waals surface area (Å²) < 4.78 is 28.3. The fourth-order valence-electron chi connectivity index (χ4n) is 7.49. The van der Waals surface area contributed by atoms with E-state index in [0.29, 0.717) is 5.69 Å². The lowest BCUT2D eigenvalue weighted by Crippen LogP contribution is -2.42. The van der Waals surface area contributed by atoms with Crippen molar-refractivity contribution in [3.63, 3.8) is 0 Å². The Morgan fingerprint density at radius 2 is 1.71 bits per heavy atom. The standard InChI is InChI=1S/C28H26N4O7S3/c1-39-14-6-2-12(3-7-14)19-20-16-10-17(23(20)40-25-24(19)41-28(36)31-25)22-21(16)26(34)32(27(22)35)11-18(33)30-13-4-8-15(9-5-13)42(29,37)38/h2-9,16-17,19-23H,10-11H2,1H3,(H,30,33)(H,31,36)(H2,29,37,38)/t16?,17?,19-,20?,21?,22?,23?/m1/s1. The van der Waals surface area contributed by atoms with Gasteiger partial charge in [-0.15, -0.1) is 11.8 Å². The molecule has 3 amide bonds. The summed E-state index contributed by atoms with van der Waals surface area (Å²) in [6.45, 7) is -0.425. The van der Waals surface area contributed by atoms with Crippen LogP contribution in [0.2, 0.25) is 0 Å². The third-order valence-electron chi connectivity index (χ3n) is 9.06. The van der Waals surface area contributed by atoms with Crippen molar-refractivity contribution in [2.45, 2.75) is 27.5 Å². The van der Waals surface area contributed by atoms with E-state index in [1.165, 1.54) is 35.6 Å². The van der Waals surface area contributed by atoms with Gasteiger partial charge in [0.1, 0.15) is 12.3 Å². The van der Waals surface area contributed by atoms with Gasteiger partial charge in [-0.1, -0.05) is 23.5 Å². The number of primary sulfonamides is 1. The van der Waals surface area contributed by atoms with Gasteiger partial charge in [0, 0.05) is 21.7 Å². The Kier molecular flexibility index (Phi) is 6.38. The molecule has 7 atom stereocenters. The predicted octanol–water partition coefficient (Wildman–Crippen LogP) is 2.20. The number of imide groups is 1. The van der Waals surface area contributed by atoms with E-state index in [0.717, 1.165) is 32.5 Å². The van der Waals surface area contributed by atoms with Gasteiger partial charge in [-0.25, -0.2) is 13.6 Å². The molecule has 1 aromatic heterocycles. The average Bonchev–Trinajstić information content (AvgIpc) is 3.69. The Balaban J connectivity index is 1.14. The molecule has 2 bridgehead atoms. The maximum absolute atomic E-state index is 13.7. The van der Waals surface area contributed by atoms with Crippen molar-refractivity contribution < 1.29 is 27.5 Å². The van der Waals surface area contributed by atoms with Crippen LogP contribution in [0.5, 0.6) is 5.75 Å². The SMILES string of the molecule is COc1ccc([C@H]2c3sc(=O)[nH]c3SC3C4CC(C5C(=O)N(CC(=O)Nc6ccc(S(N)(=O)=O)cc6)C(=O)C45)C32)cc1. The van der Waals surface area contributed by atoms with Crippen LogP contribution < -0.4 is 20.1 Å². The number of methoxy groups -OCH3 is 1. The molecule has 2 aliphatic heterocycles. The first-order valence-corrected chi connectivity index (χ1v) is 16.6. The third-order valence-corrected chi connectivity index (χ3v) is 12.6. The second kappa shape index (κ2) is 9.79. The molecule has 3 fully saturated rings. The quantitative estimate of drug-likeness (QED) is 0.350. The number of thioether (sulfide) groups is 1. The molecule has 2 aromatic carbocycles. The van der Waals surface area contributed by atoms with Crippen molar-refractivity contribution in [3.8, 4) is 5.75 Å². The molecule has 218 valence electrons. The molecule has 11 nitrogen and oxygen atoms in total. The van der Waals surface area contributed by atoms with Gasteiger partial charge in [-0.05, 0) is 66.1 Å². The van der Waals surface area contributed by atoms with E-state index in [2.05, 4.69) is 10.3 Å². The number of carbonyl (C=O) groups excluding carboxylic acids is 3.